The molecular formula is C17H20N2O. The molecule has 0 spiro atoms. The number of carbonyl (C=O) groups is 1. The molecule has 0 fully saturated rings. The van der Waals surface area contributed by atoms with Crippen LogP contribution in [0, 0.1) is 13.8 Å². The summed E-state index contributed by atoms with van der Waals surface area (Å²) in [7, 11) is 0. The second-order valence-corrected chi connectivity index (χ2v) is 4.86. The van der Waals surface area contributed by atoms with Crippen molar-refractivity contribution < 1.29 is 4.79 Å². The normalized spacial score (nSPS) is 10.3. The van der Waals surface area contributed by atoms with E-state index in [9.17, 15) is 4.79 Å². The van der Waals surface area contributed by atoms with Gasteiger partial charge in [-0.2, -0.15) is 0 Å². The first-order valence-electron chi connectivity index (χ1n) is 6.78. The van der Waals surface area contributed by atoms with E-state index in [2.05, 4.69) is 0 Å². The van der Waals surface area contributed by atoms with Crippen LogP contribution in [0.25, 0.3) is 0 Å². The van der Waals surface area contributed by atoms with Crippen molar-refractivity contribution in [2.45, 2.75) is 20.8 Å². The zero-order valence-corrected chi connectivity index (χ0v) is 12.2. The number of hydrogen-bond donors (Lipinski definition) is 1. The van der Waals surface area contributed by atoms with Gasteiger partial charge in [-0.3, -0.25) is 4.79 Å². The van der Waals surface area contributed by atoms with E-state index in [0.717, 1.165) is 16.8 Å². The van der Waals surface area contributed by atoms with Crippen molar-refractivity contribution in [1.29, 1.82) is 0 Å². The summed E-state index contributed by atoms with van der Waals surface area (Å²) in [5, 5.41) is 0. The van der Waals surface area contributed by atoms with Crippen LogP contribution in [0.3, 0.4) is 0 Å². The van der Waals surface area contributed by atoms with E-state index >= 15 is 0 Å². The van der Waals surface area contributed by atoms with E-state index < -0.39 is 0 Å². The van der Waals surface area contributed by atoms with Crippen molar-refractivity contribution in [1.82, 2.24) is 0 Å². The summed E-state index contributed by atoms with van der Waals surface area (Å²) in [5.74, 6) is -0.00778. The molecule has 0 aliphatic carbocycles. The fourth-order valence-corrected chi connectivity index (χ4v) is 2.32. The van der Waals surface area contributed by atoms with E-state index in [4.69, 9.17) is 5.73 Å². The minimum Gasteiger partial charge on any atom is -0.398 e. The SMILES string of the molecule is CCN(C(=O)c1cccc(N)c1C)c1ccccc1C. The average molecular weight is 268 g/mol. The number of amides is 1. The van der Waals surface area contributed by atoms with Gasteiger partial charge in [0.1, 0.15) is 0 Å². The number of benzene rings is 2. The zero-order valence-electron chi connectivity index (χ0n) is 12.2. The number of nitrogens with zero attached hydrogens (tertiary/aromatic N) is 1. The highest BCUT2D eigenvalue weighted by molar-refractivity contribution is 6.08. The first-order chi connectivity index (χ1) is 9.56. The van der Waals surface area contributed by atoms with E-state index in [1.165, 1.54) is 0 Å². The van der Waals surface area contributed by atoms with Gasteiger partial charge in [-0.1, -0.05) is 24.3 Å². The van der Waals surface area contributed by atoms with E-state index in [1.54, 1.807) is 4.90 Å². The molecule has 3 heteroatoms. The maximum absolute atomic E-state index is 12.8. The van der Waals surface area contributed by atoms with Crippen LogP contribution in [0.2, 0.25) is 0 Å². The van der Waals surface area contributed by atoms with Crippen LogP contribution < -0.4 is 10.6 Å². The van der Waals surface area contributed by atoms with Gasteiger partial charge in [-0.05, 0) is 50.1 Å². The fourth-order valence-electron chi connectivity index (χ4n) is 2.32. The minimum atomic E-state index is -0.00778. The summed E-state index contributed by atoms with van der Waals surface area (Å²) in [6.07, 6.45) is 0. The number of anilines is 2. The quantitative estimate of drug-likeness (QED) is 0.865. The van der Waals surface area contributed by atoms with Crippen LogP contribution in [-0.4, -0.2) is 12.5 Å². The van der Waals surface area contributed by atoms with Gasteiger partial charge in [0.15, 0.2) is 0 Å². The molecule has 2 N–H and O–H groups in total. The first kappa shape index (κ1) is 14.1. The Morgan fingerprint density at radius 3 is 2.45 bits per heavy atom. The lowest BCUT2D eigenvalue weighted by Gasteiger charge is -2.24. The highest BCUT2D eigenvalue weighted by atomic mass is 16.2. The monoisotopic (exact) mass is 268 g/mol. The third kappa shape index (κ3) is 2.52. The average Bonchev–Trinajstić information content (AvgIpc) is 2.44. The molecule has 3 nitrogen and oxygen atoms in total. The molecule has 0 radical (unpaired) electrons. The topological polar surface area (TPSA) is 46.3 Å². The number of aryl methyl sites for hydroxylation is 1. The van der Waals surface area contributed by atoms with Crippen LogP contribution in [0.1, 0.15) is 28.4 Å². The molecule has 0 saturated heterocycles. The Bertz CT molecular complexity index is 635. The maximum Gasteiger partial charge on any atom is 0.258 e. The van der Waals surface area contributed by atoms with Gasteiger partial charge in [-0.15, -0.1) is 0 Å². The highest BCUT2D eigenvalue weighted by Crippen LogP contribution is 2.24. The largest absolute Gasteiger partial charge is 0.398 e. The Kier molecular flexibility index (Phi) is 4.08. The summed E-state index contributed by atoms with van der Waals surface area (Å²) in [4.78, 5) is 14.6. The lowest BCUT2D eigenvalue weighted by atomic mass is 10.0. The van der Waals surface area contributed by atoms with Crippen molar-refractivity contribution in [3.05, 3.63) is 59.2 Å². The molecular weight excluding hydrogens is 248 g/mol. The third-order valence-corrected chi connectivity index (χ3v) is 3.57. The van der Waals surface area contributed by atoms with Gasteiger partial charge in [0.25, 0.3) is 5.91 Å². The molecule has 0 aliphatic rings. The van der Waals surface area contributed by atoms with E-state index in [0.29, 0.717) is 17.8 Å². The van der Waals surface area contributed by atoms with Crippen LogP contribution in [0.5, 0.6) is 0 Å². The Balaban J connectivity index is 2.45. The minimum absolute atomic E-state index is 0.00778. The van der Waals surface area contributed by atoms with E-state index in [-0.39, 0.29) is 5.91 Å². The van der Waals surface area contributed by atoms with E-state index in [1.807, 2.05) is 63.2 Å². The Hall–Kier alpha value is -2.29. The number of rotatable bonds is 3. The summed E-state index contributed by atoms with van der Waals surface area (Å²) < 4.78 is 0. The molecule has 20 heavy (non-hydrogen) atoms. The summed E-state index contributed by atoms with van der Waals surface area (Å²) in [6.45, 7) is 6.50. The molecule has 0 bridgehead atoms. The molecule has 2 rings (SSSR count). The van der Waals surface area contributed by atoms with Gasteiger partial charge in [0.05, 0.1) is 0 Å². The molecule has 0 heterocycles. The molecule has 1 amide bonds. The molecule has 0 aromatic heterocycles. The number of carbonyl (C=O) groups excluding carboxylic acids is 1. The summed E-state index contributed by atoms with van der Waals surface area (Å²) in [6, 6.07) is 13.4. The molecule has 0 saturated carbocycles. The first-order valence-corrected chi connectivity index (χ1v) is 6.78. The van der Waals surface area contributed by atoms with Crippen molar-refractivity contribution >= 4 is 17.3 Å². The van der Waals surface area contributed by atoms with Crippen molar-refractivity contribution in [2.24, 2.45) is 0 Å². The Morgan fingerprint density at radius 2 is 1.80 bits per heavy atom. The molecule has 2 aromatic rings. The van der Waals surface area contributed by atoms with Gasteiger partial charge < -0.3 is 10.6 Å². The van der Waals surface area contributed by atoms with Gasteiger partial charge in [0, 0.05) is 23.5 Å². The smallest absolute Gasteiger partial charge is 0.258 e. The Morgan fingerprint density at radius 1 is 1.10 bits per heavy atom. The second kappa shape index (κ2) is 5.78. The van der Waals surface area contributed by atoms with Crippen LogP contribution in [0.4, 0.5) is 11.4 Å². The standard InChI is InChI=1S/C17H20N2O/c1-4-19(16-11-6-5-8-12(16)2)17(20)14-9-7-10-15(18)13(14)3/h5-11H,4,18H2,1-3H3. The fraction of sp³-hybridized carbons (Fsp3) is 0.235. The van der Waals surface area contributed by atoms with Gasteiger partial charge in [0.2, 0.25) is 0 Å². The predicted molar refractivity (Wildman–Crippen MR) is 84.1 cm³/mol. The summed E-state index contributed by atoms with van der Waals surface area (Å²) in [5.41, 5.74) is 10.1. The highest BCUT2D eigenvalue weighted by Gasteiger charge is 2.19. The lowest BCUT2D eigenvalue weighted by molar-refractivity contribution is 0.0987. The van der Waals surface area contributed by atoms with Crippen molar-refractivity contribution in [3.63, 3.8) is 0 Å². The lowest BCUT2D eigenvalue weighted by Crippen LogP contribution is -2.31. The molecule has 2 aromatic carbocycles. The molecule has 0 atom stereocenters. The number of nitrogens with two attached hydrogens (primary N) is 1. The van der Waals surface area contributed by atoms with Crippen molar-refractivity contribution in [3.8, 4) is 0 Å². The van der Waals surface area contributed by atoms with Crippen LogP contribution in [-0.2, 0) is 0 Å². The molecule has 0 unspecified atom stereocenters. The summed E-state index contributed by atoms with van der Waals surface area (Å²) >= 11 is 0. The van der Waals surface area contributed by atoms with Crippen LogP contribution >= 0.6 is 0 Å². The van der Waals surface area contributed by atoms with Gasteiger partial charge in [-0.25, -0.2) is 0 Å². The number of nitrogen functional groups attached to an aromatic ring is 1. The molecule has 0 aliphatic heterocycles. The Labute approximate surface area is 120 Å². The number of hydrogen-bond acceptors (Lipinski definition) is 2. The van der Waals surface area contributed by atoms with Gasteiger partial charge >= 0.3 is 0 Å². The number of para-hydroxylation sites is 1. The zero-order chi connectivity index (χ0) is 14.7. The third-order valence-electron chi connectivity index (χ3n) is 3.57. The van der Waals surface area contributed by atoms with Crippen molar-refractivity contribution in [2.75, 3.05) is 17.2 Å². The maximum atomic E-state index is 12.8. The molecule has 104 valence electrons. The predicted octanol–water partition coefficient (Wildman–Crippen LogP) is 3.55. The van der Waals surface area contributed by atoms with Crippen LogP contribution in [0.15, 0.2) is 42.5 Å². The second-order valence-electron chi connectivity index (χ2n) is 4.86.